The van der Waals surface area contributed by atoms with Crippen LogP contribution in [-0.2, 0) is 0 Å². The molecular weight excluding hydrogens is 150 g/mol. The second-order valence-corrected chi connectivity index (χ2v) is 2.83. The van der Waals surface area contributed by atoms with Crippen LogP contribution < -0.4 is 5.32 Å². The van der Waals surface area contributed by atoms with E-state index in [0.717, 1.165) is 11.6 Å². The third kappa shape index (κ3) is 2.26. The van der Waals surface area contributed by atoms with Gasteiger partial charge < -0.3 is 9.73 Å². The van der Waals surface area contributed by atoms with Crippen LogP contribution in [0.2, 0.25) is 0 Å². The van der Waals surface area contributed by atoms with Gasteiger partial charge in [0.2, 0.25) is 6.39 Å². The van der Waals surface area contributed by atoms with Gasteiger partial charge >= 0.3 is 6.01 Å². The van der Waals surface area contributed by atoms with Crippen molar-refractivity contribution in [2.24, 2.45) is 0 Å². The average molecular weight is 159 g/mol. The van der Waals surface area contributed by atoms with Gasteiger partial charge in [-0.3, -0.25) is 0 Å². The molecule has 0 saturated heterocycles. The normalized spacial score (nSPS) is 9.70. The Kier molecular flexibility index (Phi) is 3.08. The zero-order valence-corrected chi connectivity index (χ0v) is 6.52. The summed E-state index contributed by atoms with van der Waals surface area (Å²) in [6.45, 7) is 2.10. The van der Waals surface area contributed by atoms with Crippen molar-refractivity contribution < 1.29 is 4.42 Å². The average Bonchev–Trinajstić information content (AvgIpc) is 2.41. The Labute approximate surface area is 63.4 Å². The largest absolute Gasteiger partial charge is 0.411 e. The molecule has 0 bridgehead atoms. The topological polar surface area (TPSA) is 51.0 Å². The van der Waals surface area contributed by atoms with E-state index in [4.69, 9.17) is 4.42 Å². The molecule has 1 heterocycles. The highest BCUT2D eigenvalue weighted by atomic mass is 32.2. The van der Waals surface area contributed by atoms with Crippen molar-refractivity contribution in [2.75, 3.05) is 16.9 Å². The molecule has 10 heavy (non-hydrogen) atoms. The Balaban J connectivity index is 2.15. The van der Waals surface area contributed by atoms with Crippen molar-refractivity contribution >= 4 is 17.8 Å². The summed E-state index contributed by atoms with van der Waals surface area (Å²) in [5.74, 6) is 1.90. The van der Waals surface area contributed by atoms with Crippen LogP contribution in [0.4, 0.5) is 6.01 Å². The van der Waals surface area contributed by atoms with Gasteiger partial charge in [-0.15, -0.1) is 16.9 Å². The third-order valence-electron chi connectivity index (χ3n) is 0.890. The van der Waals surface area contributed by atoms with E-state index >= 15 is 0 Å². The molecule has 0 aliphatic rings. The van der Waals surface area contributed by atoms with Crippen LogP contribution in [-0.4, -0.2) is 21.8 Å². The minimum Gasteiger partial charge on any atom is -0.411 e. The van der Waals surface area contributed by atoms with Crippen LogP contribution in [0, 0.1) is 0 Å². The molecule has 0 radical (unpaired) electrons. The van der Waals surface area contributed by atoms with Crippen LogP contribution in [0.15, 0.2) is 10.8 Å². The predicted molar refractivity (Wildman–Crippen MR) is 40.9 cm³/mol. The number of thioether (sulfide) groups is 1. The lowest BCUT2D eigenvalue weighted by Crippen LogP contribution is -1.97. The first kappa shape index (κ1) is 7.40. The fourth-order valence-electron chi connectivity index (χ4n) is 0.465. The first-order chi connectivity index (χ1) is 4.93. The van der Waals surface area contributed by atoms with E-state index in [-0.39, 0.29) is 0 Å². The van der Waals surface area contributed by atoms with E-state index in [0.29, 0.717) is 6.01 Å². The van der Waals surface area contributed by atoms with E-state index in [9.17, 15) is 0 Å². The van der Waals surface area contributed by atoms with Crippen molar-refractivity contribution in [3.63, 3.8) is 0 Å². The second kappa shape index (κ2) is 4.16. The maximum Gasteiger partial charge on any atom is 0.315 e. The summed E-state index contributed by atoms with van der Waals surface area (Å²) in [7, 11) is 0. The quantitative estimate of drug-likeness (QED) is 0.528. The van der Waals surface area contributed by atoms with E-state index in [2.05, 4.69) is 22.4 Å². The van der Waals surface area contributed by atoms with E-state index < -0.39 is 0 Å². The molecule has 0 fully saturated rings. The fourth-order valence-corrected chi connectivity index (χ4v) is 0.895. The second-order valence-electron chi connectivity index (χ2n) is 1.56. The molecule has 56 valence electrons. The molecule has 0 aliphatic carbocycles. The first-order valence-corrected chi connectivity index (χ1v) is 4.16. The summed E-state index contributed by atoms with van der Waals surface area (Å²) in [5, 5.41) is 10.1. The summed E-state index contributed by atoms with van der Waals surface area (Å²) in [6.07, 6.45) is 1.30. The number of nitrogens with one attached hydrogen (secondary N) is 1. The van der Waals surface area contributed by atoms with Gasteiger partial charge in [0.15, 0.2) is 0 Å². The number of aromatic nitrogens is 2. The van der Waals surface area contributed by atoms with Crippen molar-refractivity contribution in [2.45, 2.75) is 6.92 Å². The summed E-state index contributed by atoms with van der Waals surface area (Å²) in [4.78, 5) is 0. The summed E-state index contributed by atoms with van der Waals surface area (Å²) in [5.41, 5.74) is 0. The molecule has 1 rings (SSSR count). The molecule has 0 atom stereocenters. The Bertz CT molecular complexity index is 165. The van der Waals surface area contributed by atoms with Crippen LogP contribution in [0.3, 0.4) is 0 Å². The van der Waals surface area contributed by atoms with Gasteiger partial charge in [-0.25, -0.2) is 0 Å². The molecule has 0 saturated carbocycles. The smallest absolute Gasteiger partial charge is 0.315 e. The minimum atomic E-state index is 0.487. The fraction of sp³-hybridized carbons (Fsp3) is 0.600. The molecular formula is C5H9N3OS. The standard InChI is InChI=1S/C5H9N3OS/c1-2-10-4-6-5-8-7-3-9-5/h3H,2,4H2,1H3,(H,6,8). The van der Waals surface area contributed by atoms with Crippen molar-refractivity contribution in [3.05, 3.63) is 6.39 Å². The van der Waals surface area contributed by atoms with Gasteiger partial charge in [-0.1, -0.05) is 12.0 Å². The molecule has 0 aliphatic heterocycles. The van der Waals surface area contributed by atoms with Gasteiger partial charge in [-0.05, 0) is 5.75 Å². The predicted octanol–water partition coefficient (Wildman–Crippen LogP) is 1.19. The lowest BCUT2D eigenvalue weighted by molar-refractivity contribution is 0.569. The number of hydrogen-bond donors (Lipinski definition) is 1. The number of anilines is 1. The van der Waals surface area contributed by atoms with Crippen molar-refractivity contribution in [3.8, 4) is 0 Å². The lowest BCUT2D eigenvalue weighted by atomic mass is 11.0. The maximum absolute atomic E-state index is 4.83. The Morgan fingerprint density at radius 3 is 3.30 bits per heavy atom. The van der Waals surface area contributed by atoms with Gasteiger partial charge in [0.25, 0.3) is 0 Å². The van der Waals surface area contributed by atoms with Gasteiger partial charge in [-0.2, -0.15) is 0 Å². The van der Waals surface area contributed by atoms with Crippen LogP contribution in [0.25, 0.3) is 0 Å². The minimum absolute atomic E-state index is 0.487. The van der Waals surface area contributed by atoms with Gasteiger partial charge in [0, 0.05) is 0 Å². The highest BCUT2D eigenvalue weighted by Crippen LogP contribution is 2.02. The van der Waals surface area contributed by atoms with Crippen LogP contribution >= 0.6 is 11.8 Å². The summed E-state index contributed by atoms with van der Waals surface area (Å²) < 4.78 is 4.83. The van der Waals surface area contributed by atoms with Crippen molar-refractivity contribution in [1.29, 1.82) is 0 Å². The lowest BCUT2D eigenvalue weighted by Gasteiger charge is -1.96. The summed E-state index contributed by atoms with van der Waals surface area (Å²) in [6, 6.07) is 0.487. The molecule has 0 unspecified atom stereocenters. The first-order valence-electron chi connectivity index (χ1n) is 3.01. The van der Waals surface area contributed by atoms with E-state index in [1.165, 1.54) is 6.39 Å². The number of rotatable bonds is 4. The number of hydrogen-bond acceptors (Lipinski definition) is 5. The molecule has 1 aromatic heterocycles. The van der Waals surface area contributed by atoms with Crippen LogP contribution in [0.5, 0.6) is 0 Å². The Hall–Kier alpha value is -0.710. The van der Waals surface area contributed by atoms with Crippen LogP contribution in [0.1, 0.15) is 6.92 Å². The van der Waals surface area contributed by atoms with Crippen molar-refractivity contribution in [1.82, 2.24) is 10.2 Å². The molecule has 0 amide bonds. The Morgan fingerprint density at radius 1 is 1.80 bits per heavy atom. The zero-order chi connectivity index (χ0) is 7.23. The molecule has 1 aromatic rings. The molecule has 0 aromatic carbocycles. The molecule has 1 N–H and O–H groups in total. The van der Waals surface area contributed by atoms with Gasteiger partial charge in [0.1, 0.15) is 0 Å². The third-order valence-corrected chi connectivity index (χ3v) is 1.65. The molecule has 4 nitrogen and oxygen atoms in total. The molecule has 0 spiro atoms. The highest BCUT2D eigenvalue weighted by Gasteiger charge is 1.93. The van der Waals surface area contributed by atoms with E-state index in [1.807, 2.05) is 0 Å². The highest BCUT2D eigenvalue weighted by molar-refractivity contribution is 7.99. The SMILES string of the molecule is CCSCNc1nnco1. The van der Waals surface area contributed by atoms with E-state index in [1.54, 1.807) is 11.8 Å². The number of nitrogens with zero attached hydrogens (tertiary/aromatic N) is 2. The summed E-state index contributed by atoms with van der Waals surface area (Å²) >= 11 is 1.77. The maximum atomic E-state index is 4.83. The zero-order valence-electron chi connectivity index (χ0n) is 5.70. The molecule has 5 heteroatoms. The Morgan fingerprint density at radius 2 is 2.70 bits per heavy atom. The monoisotopic (exact) mass is 159 g/mol. The van der Waals surface area contributed by atoms with Gasteiger partial charge in [0.05, 0.1) is 5.88 Å².